The third-order valence-corrected chi connectivity index (χ3v) is 6.57. The first-order chi connectivity index (χ1) is 16.0. The topological polar surface area (TPSA) is 71.5 Å². The largest absolute Gasteiger partial charge is 0.444 e. The van der Waals surface area contributed by atoms with Crippen LogP contribution in [0.5, 0.6) is 0 Å². The van der Waals surface area contributed by atoms with E-state index < -0.39 is 17.6 Å². The minimum Gasteiger partial charge on any atom is -0.444 e. The third kappa shape index (κ3) is 7.01. The van der Waals surface area contributed by atoms with E-state index in [0.717, 1.165) is 16.6 Å². The van der Waals surface area contributed by atoms with Gasteiger partial charge in [-0.05, 0) is 69.5 Å². The molecule has 0 bridgehead atoms. The van der Waals surface area contributed by atoms with Gasteiger partial charge >= 0.3 is 6.09 Å². The second kappa shape index (κ2) is 10.8. The Bertz CT molecular complexity index is 1010. The second-order valence-electron chi connectivity index (χ2n) is 9.90. The SMILES string of the molecule is CC[C@H](C)[C@@H](CN(C(=O)[C@@H]1C[C@H]1c1cccc(F)n1)c1ccc(Br)cc1)NC(=O)OC(C)(C)C. The molecule has 1 aromatic carbocycles. The first-order valence-electron chi connectivity index (χ1n) is 11.7. The van der Waals surface area contributed by atoms with Crippen LogP contribution in [-0.2, 0) is 9.53 Å². The molecule has 1 fully saturated rings. The van der Waals surface area contributed by atoms with Gasteiger partial charge in [0.2, 0.25) is 11.9 Å². The molecule has 6 nitrogen and oxygen atoms in total. The van der Waals surface area contributed by atoms with Gasteiger partial charge in [0.25, 0.3) is 0 Å². The fourth-order valence-corrected chi connectivity index (χ4v) is 4.14. The molecule has 184 valence electrons. The third-order valence-electron chi connectivity index (χ3n) is 6.04. The monoisotopic (exact) mass is 533 g/mol. The summed E-state index contributed by atoms with van der Waals surface area (Å²) in [6, 6.07) is 11.9. The van der Waals surface area contributed by atoms with Crippen LogP contribution in [0.2, 0.25) is 0 Å². The molecule has 0 aliphatic heterocycles. The van der Waals surface area contributed by atoms with Gasteiger partial charge in [0.1, 0.15) is 5.60 Å². The molecule has 0 radical (unpaired) electrons. The molecule has 8 heteroatoms. The fraction of sp³-hybridized carbons (Fsp3) is 0.500. The number of hydrogen-bond donors (Lipinski definition) is 1. The van der Waals surface area contributed by atoms with Crippen molar-refractivity contribution in [2.75, 3.05) is 11.4 Å². The number of rotatable bonds is 8. The zero-order valence-electron chi connectivity index (χ0n) is 20.3. The molecule has 1 saturated carbocycles. The zero-order valence-corrected chi connectivity index (χ0v) is 21.9. The molecule has 1 aromatic heterocycles. The summed E-state index contributed by atoms with van der Waals surface area (Å²) in [6.45, 7) is 9.84. The van der Waals surface area contributed by atoms with Crippen LogP contribution < -0.4 is 10.2 Å². The number of carbonyl (C=O) groups excluding carboxylic acids is 2. The van der Waals surface area contributed by atoms with Gasteiger partial charge in [-0.25, -0.2) is 9.78 Å². The van der Waals surface area contributed by atoms with Crippen molar-refractivity contribution in [2.45, 2.75) is 65.0 Å². The Balaban J connectivity index is 1.83. The maximum Gasteiger partial charge on any atom is 0.407 e. The molecule has 1 aliphatic carbocycles. The minimum absolute atomic E-state index is 0.0577. The average Bonchev–Trinajstić information content (AvgIpc) is 3.56. The molecule has 1 aliphatic rings. The number of carbonyl (C=O) groups is 2. The Morgan fingerprint density at radius 1 is 1.24 bits per heavy atom. The van der Waals surface area contributed by atoms with Crippen molar-refractivity contribution in [2.24, 2.45) is 11.8 Å². The van der Waals surface area contributed by atoms with Crippen molar-refractivity contribution in [3.05, 3.63) is 58.6 Å². The average molecular weight is 534 g/mol. The van der Waals surface area contributed by atoms with Crippen molar-refractivity contribution in [3.8, 4) is 0 Å². The highest BCUT2D eigenvalue weighted by atomic mass is 79.9. The molecule has 34 heavy (non-hydrogen) atoms. The number of nitrogens with one attached hydrogen (secondary N) is 1. The number of hydrogen-bond acceptors (Lipinski definition) is 4. The van der Waals surface area contributed by atoms with Crippen LogP contribution >= 0.6 is 15.9 Å². The Kier molecular flexibility index (Phi) is 8.34. The van der Waals surface area contributed by atoms with Crippen LogP contribution in [0.1, 0.15) is 59.1 Å². The van der Waals surface area contributed by atoms with E-state index in [2.05, 4.69) is 26.2 Å². The lowest BCUT2D eigenvalue weighted by atomic mass is 9.98. The number of alkyl carbamates (subject to hydrolysis) is 1. The summed E-state index contributed by atoms with van der Waals surface area (Å²) in [5, 5.41) is 2.97. The van der Waals surface area contributed by atoms with Gasteiger partial charge in [-0.15, -0.1) is 0 Å². The first kappa shape index (κ1) is 26.1. The molecule has 0 saturated heterocycles. The van der Waals surface area contributed by atoms with E-state index >= 15 is 0 Å². The van der Waals surface area contributed by atoms with Gasteiger partial charge in [-0.3, -0.25) is 4.79 Å². The van der Waals surface area contributed by atoms with E-state index in [9.17, 15) is 14.0 Å². The molecule has 3 rings (SSSR count). The number of pyridine rings is 1. The van der Waals surface area contributed by atoms with E-state index in [-0.39, 0.29) is 29.7 Å². The van der Waals surface area contributed by atoms with Gasteiger partial charge in [0.15, 0.2) is 0 Å². The maximum absolute atomic E-state index is 13.7. The highest BCUT2D eigenvalue weighted by Crippen LogP contribution is 2.48. The summed E-state index contributed by atoms with van der Waals surface area (Å²) in [5.41, 5.74) is 0.717. The van der Waals surface area contributed by atoms with E-state index in [4.69, 9.17) is 4.74 Å². The van der Waals surface area contributed by atoms with Crippen molar-refractivity contribution in [1.29, 1.82) is 0 Å². The smallest absolute Gasteiger partial charge is 0.407 e. The lowest BCUT2D eigenvalue weighted by Gasteiger charge is -2.32. The van der Waals surface area contributed by atoms with E-state index in [1.165, 1.54) is 6.07 Å². The molecule has 2 amide bonds. The molecule has 2 aromatic rings. The van der Waals surface area contributed by atoms with Crippen LogP contribution in [0.3, 0.4) is 0 Å². The quantitative estimate of drug-likeness (QED) is 0.418. The van der Waals surface area contributed by atoms with Crippen molar-refractivity contribution in [3.63, 3.8) is 0 Å². The van der Waals surface area contributed by atoms with Gasteiger partial charge in [-0.2, -0.15) is 4.39 Å². The van der Waals surface area contributed by atoms with Crippen LogP contribution in [0.4, 0.5) is 14.9 Å². The second-order valence-corrected chi connectivity index (χ2v) is 10.8. The van der Waals surface area contributed by atoms with Gasteiger partial charge < -0.3 is 15.0 Å². The van der Waals surface area contributed by atoms with E-state index in [0.29, 0.717) is 18.7 Å². The first-order valence-corrected chi connectivity index (χ1v) is 12.5. The van der Waals surface area contributed by atoms with Crippen LogP contribution in [0, 0.1) is 17.8 Å². The van der Waals surface area contributed by atoms with Crippen LogP contribution in [0.15, 0.2) is 46.9 Å². The lowest BCUT2D eigenvalue weighted by Crippen LogP contribution is -2.50. The number of anilines is 1. The van der Waals surface area contributed by atoms with Gasteiger partial charge in [0.05, 0.1) is 6.04 Å². The molecule has 4 atom stereocenters. The van der Waals surface area contributed by atoms with Gasteiger partial charge in [0, 0.05) is 34.2 Å². The summed E-state index contributed by atoms with van der Waals surface area (Å²) < 4.78 is 20.0. The highest BCUT2D eigenvalue weighted by molar-refractivity contribution is 9.10. The number of ether oxygens (including phenoxy) is 1. The Morgan fingerprint density at radius 2 is 1.91 bits per heavy atom. The molecular weight excluding hydrogens is 501 g/mol. The summed E-state index contributed by atoms with van der Waals surface area (Å²) in [6.07, 6.45) is 0.937. The van der Waals surface area contributed by atoms with E-state index in [1.807, 2.05) is 58.9 Å². The normalized spacial score (nSPS) is 19.1. The van der Waals surface area contributed by atoms with E-state index in [1.54, 1.807) is 17.0 Å². The molecule has 0 unspecified atom stereocenters. The summed E-state index contributed by atoms with van der Waals surface area (Å²) in [4.78, 5) is 31.9. The number of amides is 2. The Labute approximate surface area is 209 Å². The summed E-state index contributed by atoms with van der Waals surface area (Å²) in [7, 11) is 0. The number of benzene rings is 1. The number of halogens is 2. The predicted molar refractivity (Wildman–Crippen MR) is 134 cm³/mol. The van der Waals surface area contributed by atoms with Gasteiger partial charge in [-0.1, -0.05) is 42.3 Å². The highest BCUT2D eigenvalue weighted by Gasteiger charge is 2.47. The fourth-order valence-electron chi connectivity index (χ4n) is 3.88. The minimum atomic E-state index is -0.621. The Hall–Kier alpha value is -2.48. The zero-order chi connectivity index (χ0) is 25.0. The van der Waals surface area contributed by atoms with Crippen molar-refractivity contribution < 1.29 is 18.7 Å². The summed E-state index contributed by atoms with van der Waals surface area (Å²) >= 11 is 3.44. The molecular formula is C26H33BrFN3O3. The van der Waals surface area contributed by atoms with Crippen molar-refractivity contribution >= 4 is 33.6 Å². The maximum atomic E-state index is 13.7. The van der Waals surface area contributed by atoms with Crippen molar-refractivity contribution in [1.82, 2.24) is 10.3 Å². The summed E-state index contributed by atoms with van der Waals surface area (Å²) in [5.74, 6) is -0.881. The van der Waals surface area contributed by atoms with Crippen LogP contribution in [-0.4, -0.2) is 35.2 Å². The molecule has 1 heterocycles. The predicted octanol–water partition coefficient (Wildman–Crippen LogP) is 6.06. The lowest BCUT2D eigenvalue weighted by molar-refractivity contribution is -0.120. The number of aromatic nitrogens is 1. The standard InChI is InChI=1S/C26H33BrFN3O3/c1-6-16(2)22(30-25(33)34-26(3,4)5)15-31(18-12-10-17(27)11-13-18)24(32)20-14-19(20)21-8-7-9-23(28)29-21/h7-13,16,19-20,22H,6,14-15H2,1-5H3,(H,30,33)/t16-,19+,20+,22+/m0/s1. The molecule has 0 spiro atoms. The Morgan fingerprint density at radius 3 is 2.50 bits per heavy atom. The van der Waals surface area contributed by atoms with Crippen LogP contribution in [0.25, 0.3) is 0 Å². The molecule has 1 N–H and O–H groups in total. The number of nitrogens with zero attached hydrogens (tertiary/aromatic N) is 2.